The van der Waals surface area contributed by atoms with Crippen molar-refractivity contribution >= 4 is 5.97 Å². The lowest BCUT2D eigenvalue weighted by atomic mass is 10.0. The van der Waals surface area contributed by atoms with Crippen molar-refractivity contribution in [1.82, 2.24) is 0 Å². The molecular weight excluding hydrogens is 232 g/mol. The van der Waals surface area contributed by atoms with Crippen molar-refractivity contribution in [2.45, 2.75) is 12.3 Å². The summed E-state index contributed by atoms with van der Waals surface area (Å²) >= 11 is 0. The second-order valence-corrected chi connectivity index (χ2v) is 2.95. The largest absolute Gasteiger partial charge is 0.479 e. The number of aliphatic hydroxyl groups is 1. The third-order valence-corrected chi connectivity index (χ3v) is 1.86. The molecule has 0 heterocycles. The molecule has 1 rings (SSSR count). The van der Waals surface area contributed by atoms with Crippen LogP contribution in [0.5, 0.6) is 0 Å². The third kappa shape index (κ3) is 2.30. The number of halogens is 4. The van der Waals surface area contributed by atoms with E-state index in [4.69, 9.17) is 10.2 Å². The van der Waals surface area contributed by atoms with Crippen molar-refractivity contribution in [1.29, 1.82) is 0 Å². The molecule has 0 fully saturated rings. The Kier molecular flexibility index (Phi) is 3.18. The van der Waals surface area contributed by atoms with Gasteiger partial charge in [-0.15, -0.1) is 0 Å². The van der Waals surface area contributed by atoms with Gasteiger partial charge in [0.2, 0.25) is 0 Å². The quantitative estimate of drug-likeness (QED) is 0.774. The predicted octanol–water partition coefficient (Wildman–Crippen LogP) is 1.96. The summed E-state index contributed by atoms with van der Waals surface area (Å²) in [4.78, 5) is 10.3. The van der Waals surface area contributed by atoms with E-state index in [0.717, 1.165) is 12.1 Å². The van der Waals surface area contributed by atoms with Gasteiger partial charge in [-0.1, -0.05) is 12.1 Å². The average molecular weight is 238 g/mol. The van der Waals surface area contributed by atoms with Gasteiger partial charge in [-0.25, -0.2) is 9.18 Å². The Morgan fingerprint density at radius 3 is 2.31 bits per heavy atom. The van der Waals surface area contributed by atoms with Gasteiger partial charge in [-0.2, -0.15) is 13.2 Å². The molecule has 7 heteroatoms. The molecule has 1 aromatic carbocycles. The number of alkyl halides is 3. The smallest absolute Gasteiger partial charge is 0.419 e. The SMILES string of the molecule is O=C(O)[C@H](O)c1cccc(C(F)(F)F)c1F. The minimum atomic E-state index is -4.93. The molecule has 0 spiro atoms. The number of hydrogen-bond donors (Lipinski definition) is 2. The summed E-state index contributed by atoms with van der Waals surface area (Å²) in [5, 5.41) is 17.3. The maximum Gasteiger partial charge on any atom is 0.419 e. The van der Waals surface area contributed by atoms with Crippen LogP contribution in [0.4, 0.5) is 17.6 Å². The summed E-state index contributed by atoms with van der Waals surface area (Å²) in [5.41, 5.74) is -2.52. The molecule has 0 aliphatic rings. The fourth-order valence-electron chi connectivity index (χ4n) is 1.11. The highest BCUT2D eigenvalue weighted by Crippen LogP contribution is 2.33. The second-order valence-electron chi connectivity index (χ2n) is 2.95. The van der Waals surface area contributed by atoms with Crippen LogP contribution in [-0.4, -0.2) is 16.2 Å². The highest BCUT2D eigenvalue weighted by molar-refractivity contribution is 5.74. The van der Waals surface area contributed by atoms with Gasteiger partial charge in [0.15, 0.2) is 6.10 Å². The zero-order valence-electron chi connectivity index (χ0n) is 7.62. The number of aliphatic hydroxyl groups excluding tert-OH is 1. The number of aliphatic carboxylic acids is 1. The van der Waals surface area contributed by atoms with Crippen LogP contribution in [0.3, 0.4) is 0 Å². The first-order valence-corrected chi connectivity index (χ1v) is 4.01. The van der Waals surface area contributed by atoms with E-state index in [0.29, 0.717) is 6.07 Å². The molecular formula is C9H6F4O3. The monoisotopic (exact) mass is 238 g/mol. The Hall–Kier alpha value is -1.63. The van der Waals surface area contributed by atoms with Crippen LogP contribution in [-0.2, 0) is 11.0 Å². The lowest BCUT2D eigenvalue weighted by Crippen LogP contribution is -2.16. The number of carbonyl (C=O) groups is 1. The summed E-state index contributed by atoms with van der Waals surface area (Å²) in [6.45, 7) is 0. The Balaban J connectivity index is 3.30. The van der Waals surface area contributed by atoms with E-state index in [1.807, 2.05) is 0 Å². The number of carboxylic acids is 1. The molecule has 0 bridgehead atoms. The van der Waals surface area contributed by atoms with E-state index in [9.17, 15) is 22.4 Å². The summed E-state index contributed by atoms with van der Waals surface area (Å²) in [5.74, 6) is -3.59. The molecule has 0 saturated heterocycles. The van der Waals surface area contributed by atoms with Crippen molar-refractivity contribution in [3.05, 3.63) is 35.1 Å². The van der Waals surface area contributed by atoms with Gasteiger partial charge in [0.1, 0.15) is 5.82 Å². The lowest BCUT2D eigenvalue weighted by Gasteiger charge is -2.12. The molecule has 0 saturated carbocycles. The van der Waals surface area contributed by atoms with Crippen molar-refractivity contribution in [3.63, 3.8) is 0 Å². The average Bonchev–Trinajstić information content (AvgIpc) is 2.15. The number of hydrogen-bond acceptors (Lipinski definition) is 2. The molecule has 0 aliphatic heterocycles. The van der Waals surface area contributed by atoms with E-state index in [2.05, 4.69) is 0 Å². The van der Waals surface area contributed by atoms with Crippen LogP contribution in [0.1, 0.15) is 17.2 Å². The first-order valence-electron chi connectivity index (χ1n) is 4.01. The molecule has 1 atom stereocenters. The van der Waals surface area contributed by atoms with Crippen molar-refractivity contribution in [3.8, 4) is 0 Å². The first-order chi connectivity index (χ1) is 7.25. The second kappa shape index (κ2) is 4.09. The van der Waals surface area contributed by atoms with Gasteiger partial charge in [0.05, 0.1) is 5.56 Å². The van der Waals surface area contributed by atoms with Gasteiger partial charge >= 0.3 is 12.1 Å². The molecule has 0 aliphatic carbocycles. The Labute approximate surface area is 86.9 Å². The predicted molar refractivity (Wildman–Crippen MR) is 44.0 cm³/mol. The van der Waals surface area contributed by atoms with Gasteiger partial charge in [-0.3, -0.25) is 0 Å². The molecule has 1 aromatic rings. The van der Waals surface area contributed by atoms with E-state index in [-0.39, 0.29) is 0 Å². The van der Waals surface area contributed by atoms with Crippen LogP contribution < -0.4 is 0 Å². The topological polar surface area (TPSA) is 57.5 Å². The minimum absolute atomic E-state index is 0.466. The maximum atomic E-state index is 13.2. The molecule has 3 nitrogen and oxygen atoms in total. The van der Waals surface area contributed by atoms with E-state index < -0.39 is 35.2 Å². The number of rotatable bonds is 2. The zero-order chi connectivity index (χ0) is 12.5. The Morgan fingerprint density at radius 2 is 1.88 bits per heavy atom. The van der Waals surface area contributed by atoms with E-state index in [1.54, 1.807) is 0 Å². The minimum Gasteiger partial charge on any atom is -0.479 e. The van der Waals surface area contributed by atoms with Gasteiger partial charge in [-0.05, 0) is 6.07 Å². The van der Waals surface area contributed by atoms with Crippen LogP contribution in [0.2, 0.25) is 0 Å². The molecule has 2 N–H and O–H groups in total. The zero-order valence-corrected chi connectivity index (χ0v) is 7.62. The Morgan fingerprint density at radius 1 is 1.31 bits per heavy atom. The van der Waals surface area contributed by atoms with E-state index in [1.165, 1.54) is 0 Å². The van der Waals surface area contributed by atoms with Crippen molar-refractivity contribution in [2.24, 2.45) is 0 Å². The molecule has 0 unspecified atom stereocenters. The first kappa shape index (κ1) is 12.4. The molecule has 88 valence electrons. The van der Waals surface area contributed by atoms with Crippen LogP contribution in [0.15, 0.2) is 18.2 Å². The number of carboxylic acid groups (broad SMARTS) is 1. The maximum absolute atomic E-state index is 13.2. The van der Waals surface area contributed by atoms with Gasteiger partial charge in [0.25, 0.3) is 0 Å². The molecule has 0 aromatic heterocycles. The fraction of sp³-hybridized carbons (Fsp3) is 0.222. The van der Waals surface area contributed by atoms with Gasteiger partial charge in [0, 0.05) is 5.56 Å². The van der Waals surface area contributed by atoms with Crippen LogP contribution in [0.25, 0.3) is 0 Å². The lowest BCUT2D eigenvalue weighted by molar-refractivity contribution is -0.148. The van der Waals surface area contributed by atoms with E-state index >= 15 is 0 Å². The number of benzene rings is 1. The summed E-state index contributed by atoms with van der Waals surface area (Å²) in [6.07, 6.45) is -7.25. The normalized spacial score (nSPS) is 13.6. The van der Waals surface area contributed by atoms with Crippen molar-refractivity contribution in [2.75, 3.05) is 0 Å². The molecule has 0 amide bonds. The summed E-state index contributed by atoms with van der Waals surface area (Å²) in [7, 11) is 0. The van der Waals surface area contributed by atoms with Gasteiger partial charge < -0.3 is 10.2 Å². The van der Waals surface area contributed by atoms with Crippen molar-refractivity contribution < 1.29 is 32.6 Å². The Bertz CT molecular complexity index is 414. The molecule has 0 radical (unpaired) electrons. The molecule has 16 heavy (non-hydrogen) atoms. The summed E-state index contributed by atoms with van der Waals surface area (Å²) in [6, 6.07) is 2.07. The third-order valence-electron chi connectivity index (χ3n) is 1.86. The van der Waals surface area contributed by atoms with Crippen LogP contribution >= 0.6 is 0 Å². The summed E-state index contributed by atoms with van der Waals surface area (Å²) < 4.78 is 49.9. The van der Waals surface area contributed by atoms with Crippen LogP contribution in [0, 0.1) is 5.82 Å². The highest BCUT2D eigenvalue weighted by atomic mass is 19.4. The highest BCUT2D eigenvalue weighted by Gasteiger charge is 2.36. The standard InChI is InChI=1S/C9H6F4O3/c10-6-4(7(14)8(15)16)2-1-3-5(6)9(11,12)13/h1-3,7,14H,(H,15,16)/t7-/m1/s1. The fourth-order valence-corrected chi connectivity index (χ4v) is 1.11.